The van der Waals surface area contributed by atoms with E-state index in [1.165, 1.54) is 6.07 Å². The normalized spacial score (nSPS) is 14.3. The predicted molar refractivity (Wildman–Crippen MR) is 74.2 cm³/mol. The van der Waals surface area contributed by atoms with Crippen LogP contribution >= 0.6 is 0 Å². The van der Waals surface area contributed by atoms with E-state index in [9.17, 15) is 4.39 Å². The second-order valence-electron chi connectivity index (χ2n) is 4.81. The highest BCUT2D eigenvalue weighted by molar-refractivity contribution is 5.44. The van der Waals surface area contributed by atoms with E-state index in [0.29, 0.717) is 12.1 Å². The maximum atomic E-state index is 13.7. The zero-order chi connectivity index (χ0) is 13.9. The molecule has 1 aliphatic rings. The number of fused-ring (bicyclic) bond motifs is 1. The van der Waals surface area contributed by atoms with Crippen LogP contribution in [-0.2, 0) is 6.54 Å². The Morgan fingerprint density at radius 1 is 1.15 bits per heavy atom. The molecule has 0 fully saturated rings. The Morgan fingerprint density at radius 3 is 2.80 bits per heavy atom. The van der Waals surface area contributed by atoms with Gasteiger partial charge < -0.3 is 14.8 Å². The number of benzene rings is 2. The van der Waals surface area contributed by atoms with Crippen molar-refractivity contribution in [1.29, 1.82) is 0 Å². The second kappa shape index (κ2) is 5.51. The average molecular weight is 273 g/mol. The fourth-order valence-electron chi connectivity index (χ4n) is 2.26. The Bertz CT molecular complexity index is 615. The third-order valence-corrected chi connectivity index (χ3v) is 3.42. The van der Waals surface area contributed by atoms with Gasteiger partial charge in [0.2, 0.25) is 6.79 Å². The topological polar surface area (TPSA) is 30.5 Å². The lowest BCUT2D eigenvalue weighted by molar-refractivity contribution is 0.174. The van der Waals surface area contributed by atoms with Crippen molar-refractivity contribution in [2.75, 3.05) is 6.79 Å². The van der Waals surface area contributed by atoms with Crippen molar-refractivity contribution >= 4 is 0 Å². The Labute approximate surface area is 117 Å². The van der Waals surface area contributed by atoms with Gasteiger partial charge in [-0.1, -0.05) is 24.3 Å². The van der Waals surface area contributed by atoms with E-state index < -0.39 is 0 Å². The molecule has 0 saturated heterocycles. The van der Waals surface area contributed by atoms with Gasteiger partial charge in [0, 0.05) is 18.2 Å². The number of hydrogen-bond donors (Lipinski definition) is 1. The molecule has 2 aromatic rings. The molecule has 104 valence electrons. The van der Waals surface area contributed by atoms with Crippen LogP contribution in [0.1, 0.15) is 24.1 Å². The summed E-state index contributed by atoms with van der Waals surface area (Å²) >= 11 is 0. The molecule has 4 heteroatoms. The highest BCUT2D eigenvalue weighted by Gasteiger charge is 2.14. The summed E-state index contributed by atoms with van der Waals surface area (Å²) in [6.45, 7) is 2.87. The molecular weight excluding hydrogens is 257 g/mol. The molecule has 0 saturated carbocycles. The molecule has 3 rings (SSSR count). The molecule has 20 heavy (non-hydrogen) atoms. The monoisotopic (exact) mass is 273 g/mol. The molecule has 1 heterocycles. The van der Waals surface area contributed by atoms with Crippen molar-refractivity contribution < 1.29 is 13.9 Å². The van der Waals surface area contributed by atoms with Crippen molar-refractivity contribution in [3.8, 4) is 11.5 Å². The lowest BCUT2D eigenvalue weighted by Crippen LogP contribution is -2.19. The third kappa shape index (κ3) is 2.60. The zero-order valence-electron chi connectivity index (χ0n) is 11.2. The highest BCUT2D eigenvalue weighted by Crippen LogP contribution is 2.32. The van der Waals surface area contributed by atoms with Crippen molar-refractivity contribution in [2.45, 2.75) is 19.5 Å². The Morgan fingerprint density at radius 2 is 1.95 bits per heavy atom. The van der Waals surface area contributed by atoms with E-state index in [-0.39, 0.29) is 18.7 Å². The SMILES string of the molecule is C[C@@H](NCc1ccc2c(c1)OCO2)c1ccccc1F. The van der Waals surface area contributed by atoms with Crippen molar-refractivity contribution in [3.05, 3.63) is 59.4 Å². The van der Waals surface area contributed by atoms with Gasteiger partial charge in [-0.05, 0) is 30.7 Å². The summed E-state index contributed by atoms with van der Waals surface area (Å²) in [7, 11) is 0. The Kier molecular flexibility index (Phi) is 3.56. The minimum absolute atomic E-state index is 0.0541. The van der Waals surface area contributed by atoms with Crippen molar-refractivity contribution in [2.24, 2.45) is 0 Å². The van der Waals surface area contributed by atoms with E-state index >= 15 is 0 Å². The van der Waals surface area contributed by atoms with Crippen LogP contribution in [0.15, 0.2) is 42.5 Å². The van der Waals surface area contributed by atoms with E-state index in [1.54, 1.807) is 12.1 Å². The molecule has 0 amide bonds. The first-order chi connectivity index (χ1) is 9.74. The summed E-state index contributed by atoms with van der Waals surface area (Å²) in [5, 5.41) is 3.31. The molecule has 1 N–H and O–H groups in total. The molecule has 0 radical (unpaired) electrons. The van der Waals surface area contributed by atoms with Gasteiger partial charge >= 0.3 is 0 Å². The van der Waals surface area contributed by atoms with Gasteiger partial charge in [-0.25, -0.2) is 4.39 Å². The zero-order valence-corrected chi connectivity index (χ0v) is 11.2. The molecule has 0 aliphatic carbocycles. The van der Waals surface area contributed by atoms with Gasteiger partial charge in [-0.2, -0.15) is 0 Å². The van der Waals surface area contributed by atoms with Gasteiger partial charge in [0.25, 0.3) is 0 Å². The van der Waals surface area contributed by atoms with Crippen LogP contribution in [0.3, 0.4) is 0 Å². The van der Waals surface area contributed by atoms with Crippen LogP contribution in [-0.4, -0.2) is 6.79 Å². The lowest BCUT2D eigenvalue weighted by atomic mass is 10.1. The molecular formula is C16H16FNO2. The fraction of sp³-hybridized carbons (Fsp3) is 0.250. The maximum Gasteiger partial charge on any atom is 0.231 e. The van der Waals surface area contributed by atoms with Gasteiger partial charge in [-0.15, -0.1) is 0 Å². The summed E-state index contributed by atoms with van der Waals surface area (Å²) < 4.78 is 24.3. The van der Waals surface area contributed by atoms with Gasteiger partial charge in [0.15, 0.2) is 11.5 Å². The maximum absolute atomic E-state index is 13.7. The standard InChI is InChI=1S/C16H16FNO2/c1-11(13-4-2-3-5-14(13)17)18-9-12-6-7-15-16(8-12)20-10-19-15/h2-8,11,18H,9-10H2,1H3/t11-/m1/s1. The smallest absolute Gasteiger partial charge is 0.231 e. The number of nitrogens with one attached hydrogen (secondary N) is 1. The van der Waals surface area contributed by atoms with E-state index in [1.807, 2.05) is 31.2 Å². The van der Waals surface area contributed by atoms with E-state index in [2.05, 4.69) is 5.32 Å². The first-order valence-electron chi connectivity index (χ1n) is 6.60. The van der Waals surface area contributed by atoms with Crippen LogP contribution < -0.4 is 14.8 Å². The highest BCUT2D eigenvalue weighted by atomic mass is 19.1. The third-order valence-electron chi connectivity index (χ3n) is 3.42. The largest absolute Gasteiger partial charge is 0.454 e. The first-order valence-corrected chi connectivity index (χ1v) is 6.60. The first kappa shape index (κ1) is 12.9. The van der Waals surface area contributed by atoms with Gasteiger partial charge in [-0.3, -0.25) is 0 Å². The number of rotatable bonds is 4. The van der Waals surface area contributed by atoms with Crippen molar-refractivity contribution in [3.63, 3.8) is 0 Å². The molecule has 0 aromatic heterocycles. The van der Waals surface area contributed by atoms with Crippen LogP contribution in [0.5, 0.6) is 11.5 Å². The molecule has 0 spiro atoms. The minimum atomic E-state index is -0.182. The molecule has 0 bridgehead atoms. The summed E-state index contributed by atoms with van der Waals surface area (Å²) in [6, 6.07) is 12.6. The van der Waals surface area contributed by atoms with Crippen LogP contribution in [0.4, 0.5) is 4.39 Å². The molecule has 0 unspecified atom stereocenters. The Hall–Kier alpha value is -2.07. The average Bonchev–Trinajstić information content (AvgIpc) is 2.92. The van der Waals surface area contributed by atoms with Crippen LogP contribution in [0.25, 0.3) is 0 Å². The summed E-state index contributed by atoms with van der Waals surface area (Å²) in [4.78, 5) is 0. The summed E-state index contributed by atoms with van der Waals surface area (Å²) in [6.07, 6.45) is 0. The fourth-order valence-corrected chi connectivity index (χ4v) is 2.26. The molecule has 3 nitrogen and oxygen atoms in total. The molecule has 1 aliphatic heterocycles. The number of ether oxygens (including phenoxy) is 2. The van der Waals surface area contributed by atoms with Gasteiger partial charge in [0.1, 0.15) is 5.82 Å². The minimum Gasteiger partial charge on any atom is -0.454 e. The van der Waals surface area contributed by atoms with Gasteiger partial charge in [0.05, 0.1) is 0 Å². The Balaban J connectivity index is 1.66. The van der Waals surface area contributed by atoms with Crippen molar-refractivity contribution in [1.82, 2.24) is 5.32 Å². The van der Waals surface area contributed by atoms with E-state index in [0.717, 1.165) is 17.1 Å². The molecule has 2 aromatic carbocycles. The van der Waals surface area contributed by atoms with E-state index in [4.69, 9.17) is 9.47 Å². The van der Waals surface area contributed by atoms with Crippen LogP contribution in [0.2, 0.25) is 0 Å². The number of hydrogen-bond acceptors (Lipinski definition) is 3. The summed E-state index contributed by atoms with van der Waals surface area (Å²) in [5.74, 6) is 1.36. The summed E-state index contributed by atoms with van der Waals surface area (Å²) in [5.41, 5.74) is 1.76. The van der Waals surface area contributed by atoms with Crippen LogP contribution in [0, 0.1) is 5.82 Å². The predicted octanol–water partition coefficient (Wildman–Crippen LogP) is 3.41. The number of halogens is 1. The second-order valence-corrected chi connectivity index (χ2v) is 4.81. The quantitative estimate of drug-likeness (QED) is 0.926. The lowest BCUT2D eigenvalue weighted by Gasteiger charge is -2.15. The molecule has 1 atom stereocenters.